The van der Waals surface area contributed by atoms with Crippen molar-refractivity contribution in [3.05, 3.63) is 39.9 Å². The molecule has 0 radical (unpaired) electrons. The van der Waals surface area contributed by atoms with Crippen molar-refractivity contribution in [2.24, 2.45) is 0 Å². The molecule has 0 amide bonds. The number of rotatable bonds is 5. The smallest absolute Gasteiger partial charge is 0.270 e. The predicted molar refractivity (Wildman–Crippen MR) is 73.9 cm³/mol. The fraction of sp³-hybridized carbons (Fsp3) is 0.500. The van der Waals surface area contributed by atoms with Crippen LogP contribution in [-0.4, -0.2) is 48.5 Å². The number of nitrogens with zero attached hydrogens (tertiary/aromatic N) is 2. The van der Waals surface area contributed by atoms with Crippen molar-refractivity contribution in [1.82, 2.24) is 4.90 Å². The fourth-order valence-corrected chi connectivity index (χ4v) is 2.37. The molecule has 1 aliphatic heterocycles. The van der Waals surface area contributed by atoms with Crippen molar-refractivity contribution in [1.29, 1.82) is 0 Å². The molecule has 0 saturated carbocycles. The van der Waals surface area contributed by atoms with Crippen LogP contribution >= 0.6 is 0 Å². The van der Waals surface area contributed by atoms with Gasteiger partial charge in [-0.05, 0) is 19.9 Å². The highest BCUT2D eigenvalue weighted by molar-refractivity contribution is 5.98. The third kappa shape index (κ3) is 3.61. The maximum atomic E-state index is 12.2. The van der Waals surface area contributed by atoms with Gasteiger partial charge >= 0.3 is 0 Å². The van der Waals surface area contributed by atoms with Crippen molar-refractivity contribution in [2.45, 2.75) is 18.9 Å². The van der Waals surface area contributed by atoms with E-state index in [1.165, 1.54) is 12.1 Å². The van der Waals surface area contributed by atoms with Crippen LogP contribution < -0.4 is 0 Å². The van der Waals surface area contributed by atoms with Gasteiger partial charge in [0.05, 0.1) is 11.5 Å². The summed E-state index contributed by atoms with van der Waals surface area (Å²) < 4.78 is 5.30. The number of nitro benzene ring substituents is 1. The topological polar surface area (TPSA) is 72.7 Å². The summed E-state index contributed by atoms with van der Waals surface area (Å²) in [6, 6.07) is 6.22. The van der Waals surface area contributed by atoms with Gasteiger partial charge in [-0.25, -0.2) is 0 Å². The first-order valence-electron chi connectivity index (χ1n) is 6.63. The third-order valence-electron chi connectivity index (χ3n) is 3.59. The van der Waals surface area contributed by atoms with Crippen LogP contribution in [0.15, 0.2) is 24.3 Å². The number of hydrogen-bond donors (Lipinski definition) is 0. The molecule has 1 aromatic carbocycles. The zero-order valence-electron chi connectivity index (χ0n) is 11.4. The summed E-state index contributed by atoms with van der Waals surface area (Å²) in [6.45, 7) is 1.71. The number of benzene rings is 1. The first kappa shape index (κ1) is 14.6. The van der Waals surface area contributed by atoms with Gasteiger partial charge in [-0.3, -0.25) is 19.8 Å². The van der Waals surface area contributed by atoms with Gasteiger partial charge in [0, 0.05) is 37.0 Å². The van der Waals surface area contributed by atoms with E-state index in [9.17, 15) is 14.9 Å². The van der Waals surface area contributed by atoms with Crippen molar-refractivity contribution >= 4 is 11.5 Å². The Bertz CT molecular complexity index is 498. The molecule has 2 rings (SSSR count). The Morgan fingerprint density at radius 3 is 2.80 bits per heavy atom. The van der Waals surface area contributed by atoms with Crippen molar-refractivity contribution < 1.29 is 14.5 Å². The highest BCUT2D eigenvalue weighted by Crippen LogP contribution is 2.16. The first-order chi connectivity index (χ1) is 9.58. The Hall–Kier alpha value is -1.79. The van der Waals surface area contributed by atoms with E-state index in [0.29, 0.717) is 11.6 Å². The number of ketones is 1. The molecular weight excluding hydrogens is 260 g/mol. The van der Waals surface area contributed by atoms with E-state index < -0.39 is 4.92 Å². The molecule has 0 N–H and O–H groups in total. The summed E-state index contributed by atoms with van der Waals surface area (Å²) in [5.41, 5.74) is 0.336. The van der Waals surface area contributed by atoms with Gasteiger partial charge in [-0.1, -0.05) is 12.1 Å². The third-order valence-corrected chi connectivity index (χ3v) is 3.59. The highest BCUT2D eigenvalue weighted by Gasteiger charge is 2.21. The molecule has 1 saturated heterocycles. The zero-order chi connectivity index (χ0) is 14.5. The molecule has 0 aromatic heterocycles. The molecule has 6 heteroatoms. The van der Waals surface area contributed by atoms with Crippen LogP contribution in [0.25, 0.3) is 0 Å². The van der Waals surface area contributed by atoms with Crippen molar-refractivity contribution in [3.63, 3.8) is 0 Å². The summed E-state index contributed by atoms with van der Waals surface area (Å²) in [7, 11) is 1.91. The van der Waals surface area contributed by atoms with Crippen LogP contribution in [0.2, 0.25) is 0 Å². The van der Waals surface area contributed by atoms with Gasteiger partial charge in [0.15, 0.2) is 5.78 Å². The summed E-state index contributed by atoms with van der Waals surface area (Å²) in [5.74, 6) is -0.0947. The second-order valence-corrected chi connectivity index (χ2v) is 4.99. The quantitative estimate of drug-likeness (QED) is 0.467. The normalized spacial score (nSPS) is 16.3. The summed E-state index contributed by atoms with van der Waals surface area (Å²) in [4.78, 5) is 24.4. The average Bonchev–Trinajstić information content (AvgIpc) is 2.48. The molecular formula is C14H18N2O4. The lowest BCUT2D eigenvalue weighted by Gasteiger charge is -2.30. The molecule has 0 unspecified atom stereocenters. The number of non-ortho nitro benzene ring substituents is 1. The molecule has 6 nitrogen and oxygen atoms in total. The minimum atomic E-state index is -0.487. The summed E-state index contributed by atoms with van der Waals surface area (Å²) in [5, 5.41) is 10.7. The SMILES string of the molecule is CN(CC(=O)c1cccc([N+](=O)[O-])c1)C1CCOCC1. The van der Waals surface area contributed by atoms with Gasteiger partial charge < -0.3 is 4.74 Å². The summed E-state index contributed by atoms with van der Waals surface area (Å²) >= 11 is 0. The van der Waals surface area contributed by atoms with E-state index in [1.54, 1.807) is 12.1 Å². The van der Waals surface area contributed by atoms with E-state index >= 15 is 0 Å². The number of likely N-dealkylation sites (N-methyl/N-ethyl adjacent to an activating group) is 1. The standard InChI is InChI=1S/C14H18N2O4/c1-15(12-5-7-20-8-6-12)10-14(17)11-3-2-4-13(9-11)16(18)19/h2-4,9,12H,5-8,10H2,1H3. The lowest BCUT2D eigenvalue weighted by Crippen LogP contribution is -2.39. The molecule has 20 heavy (non-hydrogen) atoms. The predicted octanol–water partition coefficient (Wildman–Crippen LogP) is 1.89. The fourth-order valence-electron chi connectivity index (χ4n) is 2.37. The van der Waals surface area contributed by atoms with Gasteiger partial charge in [0.1, 0.15) is 0 Å². The van der Waals surface area contributed by atoms with E-state index in [2.05, 4.69) is 0 Å². The van der Waals surface area contributed by atoms with Crippen molar-refractivity contribution in [2.75, 3.05) is 26.8 Å². The molecule has 0 spiro atoms. The summed E-state index contributed by atoms with van der Waals surface area (Å²) in [6.07, 6.45) is 1.83. The first-order valence-corrected chi connectivity index (χ1v) is 6.63. The molecule has 0 atom stereocenters. The minimum absolute atomic E-state index is 0.0513. The van der Waals surface area contributed by atoms with Crippen LogP contribution in [0.5, 0.6) is 0 Å². The molecule has 1 heterocycles. The van der Waals surface area contributed by atoms with E-state index in [-0.39, 0.29) is 18.0 Å². The number of nitro groups is 1. The van der Waals surface area contributed by atoms with Crippen LogP contribution in [0, 0.1) is 10.1 Å². The van der Waals surface area contributed by atoms with Crippen LogP contribution in [-0.2, 0) is 4.74 Å². The number of hydrogen-bond acceptors (Lipinski definition) is 5. The van der Waals surface area contributed by atoms with E-state index in [1.807, 2.05) is 11.9 Å². The lowest BCUT2D eigenvalue weighted by molar-refractivity contribution is -0.384. The van der Waals surface area contributed by atoms with E-state index in [4.69, 9.17) is 4.74 Å². The number of ether oxygens (including phenoxy) is 1. The highest BCUT2D eigenvalue weighted by atomic mass is 16.6. The zero-order valence-corrected chi connectivity index (χ0v) is 11.4. The Balaban J connectivity index is 2.00. The van der Waals surface area contributed by atoms with Crippen LogP contribution in [0.1, 0.15) is 23.2 Å². The number of Topliss-reactive ketones (excluding diaryl/α,β-unsaturated/α-hetero) is 1. The molecule has 0 bridgehead atoms. The number of carbonyl (C=O) groups excluding carboxylic acids is 1. The Labute approximate surface area is 117 Å². The van der Waals surface area contributed by atoms with Crippen molar-refractivity contribution in [3.8, 4) is 0 Å². The molecule has 1 aromatic rings. The molecule has 0 aliphatic carbocycles. The number of carbonyl (C=O) groups is 1. The monoisotopic (exact) mass is 278 g/mol. The average molecular weight is 278 g/mol. The Morgan fingerprint density at radius 1 is 1.45 bits per heavy atom. The van der Waals surface area contributed by atoms with Gasteiger partial charge in [-0.15, -0.1) is 0 Å². The van der Waals surface area contributed by atoms with Gasteiger partial charge in [0.2, 0.25) is 0 Å². The molecule has 1 aliphatic rings. The van der Waals surface area contributed by atoms with E-state index in [0.717, 1.165) is 26.1 Å². The maximum absolute atomic E-state index is 12.2. The van der Waals surface area contributed by atoms with Gasteiger partial charge in [-0.2, -0.15) is 0 Å². The Morgan fingerprint density at radius 2 is 2.15 bits per heavy atom. The molecule has 1 fully saturated rings. The van der Waals surface area contributed by atoms with Crippen LogP contribution in [0.4, 0.5) is 5.69 Å². The second kappa shape index (κ2) is 6.58. The van der Waals surface area contributed by atoms with Gasteiger partial charge in [0.25, 0.3) is 5.69 Å². The molecule has 108 valence electrons. The maximum Gasteiger partial charge on any atom is 0.270 e. The second-order valence-electron chi connectivity index (χ2n) is 4.99. The van der Waals surface area contributed by atoms with Crippen LogP contribution in [0.3, 0.4) is 0 Å². The minimum Gasteiger partial charge on any atom is -0.381 e. The largest absolute Gasteiger partial charge is 0.381 e. The Kier molecular flexibility index (Phi) is 4.81. The lowest BCUT2D eigenvalue weighted by atomic mass is 10.1.